The molecule has 1 aliphatic heterocycles. The van der Waals surface area contributed by atoms with E-state index >= 15 is 0 Å². The molecular weight excluding hydrogens is 230 g/mol. The van der Waals surface area contributed by atoms with Gasteiger partial charge in [-0.2, -0.15) is 0 Å². The van der Waals surface area contributed by atoms with Crippen LogP contribution in [0.2, 0.25) is 0 Å². The third-order valence-corrected chi connectivity index (χ3v) is 3.26. The standard InChI is InChI=1S/C13H19N3O2/c1-2-10-7-9(8-12(14)15-10)13(18)16-5-3-11(17)4-6-16/h7-8,11,17H,2-6H2,1H3,(H2,14,15). The van der Waals surface area contributed by atoms with Gasteiger partial charge in [-0.1, -0.05) is 6.92 Å². The number of pyridine rings is 1. The molecule has 3 N–H and O–H groups in total. The second-order valence-corrected chi connectivity index (χ2v) is 4.65. The lowest BCUT2D eigenvalue weighted by atomic mass is 10.1. The van der Waals surface area contributed by atoms with Crippen molar-refractivity contribution in [3.05, 3.63) is 23.4 Å². The fourth-order valence-electron chi connectivity index (χ4n) is 2.17. The molecule has 0 atom stereocenters. The molecule has 1 aromatic rings. The number of carbonyl (C=O) groups excluding carboxylic acids is 1. The zero-order valence-corrected chi connectivity index (χ0v) is 10.6. The van der Waals surface area contributed by atoms with E-state index < -0.39 is 0 Å². The maximum absolute atomic E-state index is 12.3. The van der Waals surface area contributed by atoms with Gasteiger partial charge < -0.3 is 15.7 Å². The summed E-state index contributed by atoms with van der Waals surface area (Å²) in [5, 5.41) is 9.44. The number of carbonyl (C=O) groups is 1. The van der Waals surface area contributed by atoms with Crippen LogP contribution in [-0.4, -0.2) is 40.1 Å². The average Bonchev–Trinajstić information content (AvgIpc) is 2.38. The van der Waals surface area contributed by atoms with Crippen LogP contribution in [0, 0.1) is 0 Å². The number of likely N-dealkylation sites (tertiary alicyclic amines) is 1. The van der Waals surface area contributed by atoms with Crippen molar-refractivity contribution >= 4 is 11.7 Å². The minimum absolute atomic E-state index is 0.0225. The number of hydrogen-bond acceptors (Lipinski definition) is 4. The molecule has 0 radical (unpaired) electrons. The Morgan fingerprint density at radius 1 is 1.50 bits per heavy atom. The minimum Gasteiger partial charge on any atom is -0.393 e. The molecule has 18 heavy (non-hydrogen) atoms. The normalized spacial score (nSPS) is 16.9. The first-order valence-electron chi connectivity index (χ1n) is 6.34. The average molecular weight is 249 g/mol. The van der Waals surface area contributed by atoms with Gasteiger partial charge in [0.25, 0.3) is 5.91 Å². The quantitative estimate of drug-likeness (QED) is 0.813. The SMILES string of the molecule is CCc1cc(C(=O)N2CCC(O)CC2)cc(N)n1. The number of aromatic nitrogens is 1. The second-order valence-electron chi connectivity index (χ2n) is 4.65. The summed E-state index contributed by atoms with van der Waals surface area (Å²) >= 11 is 0. The molecule has 1 amide bonds. The Morgan fingerprint density at radius 3 is 2.78 bits per heavy atom. The molecule has 2 heterocycles. The lowest BCUT2D eigenvalue weighted by molar-refractivity contribution is 0.0546. The highest BCUT2D eigenvalue weighted by atomic mass is 16.3. The molecule has 1 fully saturated rings. The van der Waals surface area contributed by atoms with Crippen LogP contribution in [-0.2, 0) is 6.42 Å². The van der Waals surface area contributed by atoms with Gasteiger partial charge in [-0.25, -0.2) is 4.98 Å². The summed E-state index contributed by atoms with van der Waals surface area (Å²) < 4.78 is 0. The van der Waals surface area contributed by atoms with Gasteiger partial charge >= 0.3 is 0 Å². The molecule has 0 saturated carbocycles. The van der Waals surface area contributed by atoms with Gasteiger partial charge in [0, 0.05) is 24.3 Å². The van der Waals surface area contributed by atoms with Gasteiger partial charge in [-0.15, -0.1) is 0 Å². The molecule has 98 valence electrons. The molecule has 5 heteroatoms. The van der Waals surface area contributed by atoms with E-state index in [0.29, 0.717) is 37.3 Å². The molecular formula is C13H19N3O2. The van der Waals surface area contributed by atoms with E-state index in [4.69, 9.17) is 5.73 Å². The summed E-state index contributed by atoms with van der Waals surface area (Å²) in [6.07, 6.45) is 1.77. The topological polar surface area (TPSA) is 79.5 Å². The molecule has 0 aromatic carbocycles. The van der Waals surface area contributed by atoms with Gasteiger partial charge in [-0.3, -0.25) is 4.79 Å². The lowest BCUT2D eigenvalue weighted by Gasteiger charge is -2.29. The van der Waals surface area contributed by atoms with Crippen molar-refractivity contribution in [2.75, 3.05) is 18.8 Å². The number of nitrogens with two attached hydrogens (primary N) is 1. The molecule has 0 spiro atoms. The first-order valence-corrected chi connectivity index (χ1v) is 6.34. The third-order valence-electron chi connectivity index (χ3n) is 3.26. The number of nitrogens with zero attached hydrogens (tertiary/aromatic N) is 2. The Labute approximate surface area is 107 Å². The number of aliphatic hydroxyl groups excluding tert-OH is 1. The molecule has 5 nitrogen and oxygen atoms in total. The van der Waals surface area contributed by atoms with Crippen molar-refractivity contribution in [2.45, 2.75) is 32.3 Å². The Hall–Kier alpha value is -1.62. The fraction of sp³-hybridized carbons (Fsp3) is 0.538. The summed E-state index contributed by atoms with van der Waals surface area (Å²) in [7, 11) is 0. The number of hydrogen-bond donors (Lipinski definition) is 2. The van der Waals surface area contributed by atoms with Gasteiger partial charge in [-0.05, 0) is 31.4 Å². The van der Waals surface area contributed by atoms with Crippen molar-refractivity contribution < 1.29 is 9.90 Å². The summed E-state index contributed by atoms with van der Waals surface area (Å²) in [6, 6.07) is 3.41. The Kier molecular flexibility index (Phi) is 3.81. The van der Waals surface area contributed by atoms with Gasteiger partial charge in [0.15, 0.2) is 0 Å². The molecule has 1 aromatic heterocycles. The molecule has 1 saturated heterocycles. The van der Waals surface area contributed by atoms with Crippen molar-refractivity contribution in [2.24, 2.45) is 0 Å². The monoisotopic (exact) mass is 249 g/mol. The number of amides is 1. The van der Waals surface area contributed by atoms with Crippen molar-refractivity contribution in [1.82, 2.24) is 9.88 Å². The van der Waals surface area contributed by atoms with Gasteiger partial charge in [0.05, 0.1) is 6.10 Å². The summed E-state index contributed by atoms with van der Waals surface area (Å²) in [4.78, 5) is 18.2. The first-order chi connectivity index (χ1) is 8.60. The Balaban J connectivity index is 2.15. The smallest absolute Gasteiger partial charge is 0.254 e. The van der Waals surface area contributed by atoms with Crippen LogP contribution < -0.4 is 5.73 Å². The molecule has 0 bridgehead atoms. The first kappa shape index (κ1) is 12.8. The van der Waals surface area contributed by atoms with E-state index in [1.807, 2.05) is 6.92 Å². The number of piperidine rings is 1. The highest BCUT2D eigenvalue weighted by Crippen LogP contribution is 2.16. The van der Waals surface area contributed by atoms with E-state index in [1.165, 1.54) is 0 Å². The van der Waals surface area contributed by atoms with E-state index in [2.05, 4.69) is 4.98 Å². The van der Waals surface area contributed by atoms with E-state index in [1.54, 1.807) is 17.0 Å². The van der Waals surface area contributed by atoms with Gasteiger partial charge in [0.2, 0.25) is 0 Å². The maximum atomic E-state index is 12.3. The highest BCUT2D eigenvalue weighted by molar-refractivity contribution is 5.95. The van der Waals surface area contributed by atoms with Crippen LogP contribution in [0.1, 0.15) is 35.8 Å². The van der Waals surface area contributed by atoms with Crippen LogP contribution in [0.4, 0.5) is 5.82 Å². The third kappa shape index (κ3) is 2.79. The van der Waals surface area contributed by atoms with Gasteiger partial charge in [0.1, 0.15) is 5.82 Å². The van der Waals surface area contributed by atoms with E-state index in [9.17, 15) is 9.90 Å². The second kappa shape index (κ2) is 5.35. The van der Waals surface area contributed by atoms with Crippen molar-refractivity contribution in [1.29, 1.82) is 0 Å². The minimum atomic E-state index is -0.275. The van der Waals surface area contributed by atoms with Crippen LogP contribution in [0.3, 0.4) is 0 Å². The summed E-state index contributed by atoms with van der Waals surface area (Å²) in [5.41, 5.74) is 7.12. The molecule has 2 rings (SSSR count). The predicted molar refractivity (Wildman–Crippen MR) is 69.2 cm³/mol. The summed E-state index contributed by atoms with van der Waals surface area (Å²) in [5.74, 6) is 0.362. The van der Waals surface area contributed by atoms with E-state index in [-0.39, 0.29) is 12.0 Å². The van der Waals surface area contributed by atoms with Crippen molar-refractivity contribution in [3.8, 4) is 0 Å². The lowest BCUT2D eigenvalue weighted by Crippen LogP contribution is -2.40. The zero-order valence-electron chi connectivity index (χ0n) is 10.6. The number of aryl methyl sites for hydroxylation is 1. The molecule has 0 aliphatic carbocycles. The van der Waals surface area contributed by atoms with Crippen LogP contribution in [0.15, 0.2) is 12.1 Å². The fourth-order valence-corrected chi connectivity index (χ4v) is 2.17. The largest absolute Gasteiger partial charge is 0.393 e. The zero-order chi connectivity index (χ0) is 13.1. The molecule has 1 aliphatic rings. The highest BCUT2D eigenvalue weighted by Gasteiger charge is 2.22. The maximum Gasteiger partial charge on any atom is 0.254 e. The number of aliphatic hydroxyl groups is 1. The van der Waals surface area contributed by atoms with Crippen molar-refractivity contribution in [3.63, 3.8) is 0 Å². The van der Waals surface area contributed by atoms with E-state index in [0.717, 1.165) is 12.1 Å². The number of rotatable bonds is 2. The molecule has 0 unspecified atom stereocenters. The van der Waals surface area contributed by atoms with Crippen LogP contribution in [0.25, 0.3) is 0 Å². The van der Waals surface area contributed by atoms with Crippen LogP contribution >= 0.6 is 0 Å². The predicted octanol–water partition coefficient (Wildman–Crippen LogP) is 0.823. The number of nitrogen functional groups attached to an aromatic ring is 1. The Morgan fingerprint density at radius 2 is 2.17 bits per heavy atom. The van der Waals surface area contributed by atoms with Crippen LogP contribution in [0.5, 0.6) is 0 Å². The summed E-state index contributed by atoms with van der Waals surface area (Å²) in [6.45, 7) is 3.18. The number of anilines is 1. The Bertz CT molecular complexity index is 440.